The number of benzene rings is 1. The van der Waals surface area contributed by atoms with E-state index in [-0.39, 0.29) is 0 Å². The number of ether oxygens (including phenoxy) is 1. The maximum Gasteiger partial charge on any atom is 0.323 e. The van der Waals surface area contributed by atoms with Crippen molar-refractivity contribution < 1.29 is 14.6 Å². The third-order valence-corrected chi connectivity index (χ3v) is 3.65. The van der Waals surface area contributed by atoms with Gasteiger partial charge in [-0.2, -0.15) is 0 Å². The molecule has 1 aromatic carbocycles. The fourth-order valence-electron chi connectivity index (χ4n) is 2.12. The van der Waals surface area contributed by atoms with Gasteiger partial charge in [-0.25, -0.2) is 0 Å². The minimum Gasteiger partial charge on any atom is -0.497 e. The first kappa shape index (κ1) is 15.5. The molecule has 0 aliphatic carbocycles. The summed E-state index contributed by atoms with van der Waals surface area (Å²) in [5, 5.41) is 12.5. The number of hydrogen-bond acceptors (Lipinski definition) is 3. The van der Waals surface area contributed by atoms with Crippen molar-refractivity contribution in [2.75, 3.05) is 13.7 Å². The summed E-state index contributed by atoms with van der Waals surface area (Å²) in [6, 6.07) is 7.83. The summed E-state index contributed by atoms with van der Waals surface area (Å²) in [6.07, 6.45) is 1.97. The molecule has 2 N–H and O–H groups in total. The van der Waals surface area contributed by atoms with Gasteiger partial charge in [0, 0.05) is 6.54 Å². The fraction of sp³-hybridized carbons (Fsp3) is 0.533. The van der Waals surface area contributed by atoms with Crippen LogP contribution >= 0.6 is 0 Å². The van der Waals surface area contributed by atoms with Crippen LogP contribution in [0.4, 0.5) is 0 Å². The molecule has 0 spiro atoms. The van der Waals surface area contributed by atoms with Crippen LogP contribution in [0.3, 0.4) is 0 Å². The fourth-order valence-corrected chi connectivity index (χ4v) is 2.12. The largest absolute Gasteiger partial charge is 0.497 e. The predicted molar refractivity (Wildman–Crippen MR) is 75.6 cm³/mol. The van der Waals surface area contributed by atoms with Crippen molar-refractivity contribution in [3.63, 3.8) is 0 Å². The van der Waals surface area contributed by atoms with Crippen molar-refractivity contribution >= 4 is 5.97 Å². The predicted octanol–water partition coefficient (Wildman–Crippen LogP) is 2.47. The van der Waals surface area contributed by atoms with Crippen molar-refractivity contribution in [1.29, 1.82) is 0 Å². The molecule has 19 heavy (non-hydrogen) atoms. The maximum atomic E-state index is 11.3. The van der Waals surface area contributed by atoms with Crippen molar-refractivity contribution in [2.45, 2.75) is 38.6 Å². The maximum absolute atomic E-state index is 11.3. The number of carboxylic acids is 1. The summed E-state index contributed by atoms with van der Waals surface area (Å²) in [6.45, 7) is 4.45. The van der Waals surface area contributed by atoms with Crippen LogP contribution in [-0.4, -0.2) is 30.3 Å². The van der Waals surface area contributed by atoms with E-state index in [1.165, 1.54) is 5.56 Å². The van der Waals surface area contributed by atoms with E-state index < -0.39 is 11.5 Å². The summed E-state index contributed by atoms with van der Waals surface area (Å²) >= 11 is 0. The molecule has 0 fully saturated rings. The van der Waals surface area contributed by atoms with Gasteiger partial charge in [-0.05, 0) is 37.0 Å². The minimum atomic E-state index is -0.799. The smallest absolute Gasteiger partial charge is 0.323 e. The summed E-state index contributed by atoms with van der Waals surface area (Å²) in [4.78, 5) is 11.3. The third-order valence-electron chi connectivity index (χ3n) is 3.65. The molecule has 0 aliphatic rings. The van der Waals surface area contributed by atoms with Gasteiger partial charge < -0.3 is 15.2 Å². The Balaban J connectivity index is 2.54. The lowest BCUT2D eigenvalue weighted by Crippen LogP contribution is -2.51. The minimum absolute atomic E-state index is 0.585. The zero-order chi connectivity index (χ0) is 14.3. The lowest BCUT2D eigenvalue weighted by atomic mass is 9.92. The Morgan fingerprint density at radius 3 is 2.26 bits per heavy atom. The lowest BCUT2D eigenvalue weighted by Gasteiger charge is -2.28. The SMILES string of the molecule is CCC(CC)(NCCc1ccc(OC)cc1)C(=O)O. The number of nitrogens with one attached hydrogen (secondary N) is 1. The number of rotatable bonds is 8. The highest BCUT2D eigenvalue weighted by molar-refractivity contribution is 5.78. The molecule has 0 saturated carbocycles. The van der Waals surface area contributed by atoms with E-state index in [1.807, 2.05) is 38.1 Å². The van der Waals surface area contributed by atoms with Crippen molar-refractivity contribution in [3.8, 4) is 5.75 Å². The van der Waals surface area contributed by atoms with Gasteiger partial charge in [0.1, 0.15) is 11.3 Å². The van der Waals surface area contributed by atoms with Crippen molar-refractivity contribution in [3.05, 3.63) is 29.8 Å². The van der Waals surface area contributed by atoms with Crippen LogP contribution in [0.1, 0.15) is 32.3 Å². The average molecular weight is 265 g/mol. The quantitative estimate of drug-likeness (QED) is 0.758. The molecule has 106 valence electrons. The molecule has 0 amide bonds. The second kappa shape index (κ2) is 7.14. The van der Waals surface area contributed by atoms with E-state index in [1.54, 1.807) is 7.11 Å². The summed E-state index contributed by atoms with van der Waals surface area (Å²) in [5.41, 5.74) is 0.367. The Bertz CT molecular complexity index is 396. The molecule has 1 rings (SSSR count). The van der Waals surface area contributed by atoms with E-state index in [0.29, 0.717) is 19.4 Å². The number of aliphatic carboxylic acids is 1. The molecule has 0 saturated heterocycles. The van der Waals surface area contributed by atoms with Crippen LogP contribution in [0, 0.1) is 0 Å². The monoisotopic (exact) mass is 265 g/mol. The summed E-state index contributed by atoms with van der Waals surface area (Å²) < 4.78 is 5.10. The van der Waals surface area contributed by atoms with Gasteiger partial charge in [0.15, 0.2) is 0 Å². The Kier molecular flexibility index (Phi) is 5.83. The second-order valence-electron chi connectivity index (χ2n) is 4.62. The van der Waals surface area contributed by atoms with Gasteiger partial charge >= 0.3 is 5.97 Å². The van der Waals surface area contributed by atoms with E-state index in [0.717, 1.165) is 12.2 Å². The molecule has 0 radical (unpaired) electrons. The standard InChI is InChI=1S/C15H23NO3/c1-4-15(5-2,14(17)18)16-11-10-12-6-8-13(19-3)9-7-12/h6-9,16H,4-5,10-11H2,1-3H3,(H,17,18). The highest BCUT2D eigenvalue weighted by atomic mass is 16.5. The number of carboxylic acid groups (broad SMARTS) is 1. The Hall–Kier alpha value is -1.55. The van der Waals surface area contributed by atoms with E-state index >= 15 is 0 Å². The third kappa shape index (κ3) is 3.96. The molecular formula is C15H23NO3. The van der Waals surface area contributed by atoms with Crippen LogP contribution < -0.4 is 10.1 Å². The zero-order valence-electron chi connectivity index (χ0n) is 11.9. The summed E-state index contributed by atoms with van der Waals surface area (Å²) in [7, 11) is 1.64. The molecular weight excluding hydrogens is 242 g/mol. The first-order valence-electron chi connectivity index (χ1n) is 6.69. The number of methoxy groups -OCH3 is 1. The van der Waals surface area contributed by atoms with Gasteiger partial charge in [-0.1, -0.05) is 26.0 Å². The van der Waals surface area contributed by atoms with E-state index in [4.69, 9.17) is 4.74 Å². The first-order valence-corrected chi connectivity index (χ1v) is 6.69. The Morgan fingerprint density at radius 1 is 1.26 bits per heavy atom. The van der Waals surface area contributed by atoms with Gasteiger partial charge in [-0.3, -0.25) is 4.79 Å². The highest BCUT2D eigenvalue weighted by Gasteiger charge is 2.33. The number of carbonyl (C=O) groups is 1. The van der Waals surface area contributed by atoms with Crippen LogP contribution in [0.5, 0.6) is 5.75 Å². The van der Waals surface area contributed by atoms with Crippen LogP contribution in [0.25, 0.3) is 0 Å². The van der Waals surface area contributed by atoms with Crippen molar-refractivity contribution in [2.24, 2.45) is 0 Å². The first-order chi connectivity index (χ1) is 9.07. The molecule has 4 heteroatoms. The van der Waals surface area contributed by atoms with Gasteiger partial charge in [-0.15, -0.1) is 0 Å². The average Bonchev–Trinajstić information content (AvgIpc) is 2.44. The lowest BCUT2D eigenvalue weighted by molar-refractivity contribution is -0.145. The zero-order valence-corrected chi connectivity index (χ0v) is 11.9. The second-order valence-corrected chi connectivity index (χ2v) is 4.62. The molecule has 4 nitrogen and oxygen atoms in total. The normalized spacial score (nSPS) is 11.3. The summed E-state index contributed by atoms with van der Waals surface area (Å²) in [5.74, 6) is 0.0611. The molecule has 0 aromatic heterocycles. The van der Waals surface area contributed by atoms with Crippen LogP contribution in [0.2, 0.25) is 0 Å². The van der Waals surface area contributed by atoms with Crippen LogP contribution in [0.15, 0.2) is 24.3 Å². The van der Waals surface area contributed by atoms with Gasteiger partial charge in [0.2, 0.25) is 0 Å². The van der Waals surface area contributed by atoms with Gasteiger partial charge in [0.25, 0.3) is 0 Å². The molecule has 0 heterocycles. The molecule has 0 atom stereocenters. The van der Waals surface area contributed by atoms with Gasteiger partial charge in [0.05, 0.1) is 7.11 Å². The topological polar surface area (TPSA) is 58.6 Å². The van der Waals surface area contributed by atoms with E-state index in [9.17, 15) is 9.90 Å². The highest BCUT2D eigenvalue weighted by Crippen LogP contribution is 2.16. The Morgan fingerprint density at radius 2 is 1.84 bits per heavy atom. The molecule has 0 bridgehead atoms. The van der Waals surface area contributed by atoms with Crippen molar-refractivity contribution in [1.82, 2.24) is 5.32 Å². The van der Waals surface area contributed by atoms with Crippen LogP contribution in [-0.2, 0) is 11.2 Å². The Labute approximate surface area is 114 Å². The number of hydrogen-bond donors (Lipinski definition) is 2. The molecule has 0 aliphatic heterocycles. The van der Waals surface area contributed by atoms with E-state index in [2.05, 4.69) is 5.32 Å². The molecule has 0 unspecified atom stereocenters. The molecule has 1 aromatic rings.